The van der Waals surface area contributed by atoms with E-state index in [0.717, 1.165) is 25.2 Å². The molecule has 0 spiro atoms. The first kappa shape index (κ1) is 18.0. The summed E-state index contributed by atoms with van der Waals surface area (Å²) in [6, 6.07) is 6.60. The Labute approximate surface area is 130 Å². The van der Waals surface area contributed by atoms with Gasteiger partial charge in [0.25, 0.3) is 0 Å². The molecule has 0 saturated heterocycles. The Morgan fingerprint density at radius 1 is 1.05 bits per heavy atom. The summed E-state index contributed by atoms with van der Waals surface area (Å²) in [6.45, 7) is 11.8. The molecule has 1 aromatic rings. The third-order valence-corrected chi connectivity index (χ3v) is 3.69. The molecule has 0 aromatic heterocycles. The number of aryl methyl sites for hydroxylation is 1. The first-order valence-electron chi connectivity index (χ1n) is 8.13. The normalized spacial score (nSPS) is 12.0. The third kappa shape index (κ3) is 6.52. The summed E-state index contributed by atoms with van der Waals surface area (Å²) in [5, 5.41) is 0. The fourth-order valence-electron chi connectivity index (χ4n) is 2.35. The van der Waals surface area contributed by atoms with E-state index in [2.05, 4.69) is 52.8 Å². The summed E-state index contributed by atoms with van der Waals surface area (Å²) in [7, 11) is 1.76. The molecule has 2 heteroatoms. The summed E-state index contributed by atoms with van der Waals surface area (Å²) < 4.78 is 11.1. The van der Waals surface area contributed by atoms with Crippen LogP contribution < -0.4 is 4.74 Å². The summed E-state index contributed by atoms with van der Waals surface area (Å²) in [6.07, 6.45) is 4.95. The highest BCUT2D eigenvalue weighted by molar-refractivity contribution is 5.39. The first-order valence-corrected chi connectivity index (χ1v) is 8.13. The standard InChI is InChI=1S/C19H32O2/c1-15(2)21-13-9-7-8-10-16-14-17(19(3,4)5)11-12-18(16)20-6/h11-12,14-15H,7-10,13H2,1-6H3. The molecule has 0 bridgehead atoms. The van der Waals surface area contributed by atoms with Crippen molar-refractivity contribution in [3.63, 3.8) is 0 Å². The predicted octanol–water partition coefficient (Wildman–Crippen LogP) is 5.13. The van der Waals surface area contributed by atoms with Crippen LogP contribution in [0.15, 0.2) is 18.2 Å². The van der Waals surface area contributed by atoms with Crippen molar-refractivity contribution in [3.05, 3.63) is 29.3 Å². The lowest BCUT2D eigenvalue weighted by atomic mass is 9.85. The monoisotopic (exact) mass is 292 g/mol. The predicted molar refractivity (Wildman–Crippen MR) is 90.3 cm³/mol. The Morgan fingerprint density at radius 3 is 2.33 bits per heavy atom. The minimum absolute atomic E-state index is 0.187. The van der Waals surface area contributed by atoms with Gasteiger partial charge in [-0.3, -0.25) is 0 Å². The maximum absolute atomic E-state index is 5.58. The molecule has 1 rings (SSSR count). The second kappa shape index (κ2) is 8.43. The molecule has 0 aliphatic rings. The topological polar surface area (TPSA) is 18.5 Å². The fourth-order valence-corrected chi connectivity index (χ4v) is 2.35. The molecule has 0 radical (unpaired) electrons. The van der Waals surface area contributed by atoms with Gasteiger partial charge in [0.15, 0.2) is 0 Å². The van der Waals surface area contributed by atoms with Crippen molar-refractivity contribution in [2.45, 2.75) is 71.8 Å². The number of benzene rings is 1. The largest absolute Gasteiger partial charge is 0.496 e. The van der Waals surface area contributed by atoms with E-state index in [-0.39, 0.29) is 5.41 Å². The van der Waals surface area contributed by atoms with Crippen LogP contribution in [0.5, 0.6) is 5.75 Å². The van der Waals surface area contributed by atoms with E-state index in [4.69, 9.17) is 9.47 Å². The summed E-state index contributed by atoms with van der Waals surface area (Å²) >= 11 is 0. The van der Waals surface area contributed by atoms with Crippen LogP contribution in [0.25, 0.3) is 0 Å². The lowest BCUT2D eigenvalue weighted by Gasteiger charge is -2.21. The lowest BCUT2D eigenvalue weighted by Crippen LogP contribution is -2.11. The van der Waals surface area contributed by atoms with Gasteiger partial charge in [-0.2, -0.15) is 0 Å². The molecule has 1 aromatic carbocycles. The highest BCUT2D eigenvalue weighted by Gasteiger charge is 2.15. The number of ether oxygens (including phenoxy) is 2. The summed E-state index contributed by atoms with van der Waals surface area (Å²) in [5.74, 6) is 1.02. The fraction of sp³-hybridized carbons (Fsp3) is 0.684. The van der Waals surface area contributed by atoms with Crippen molar-refractivity contribution in [2.75, 3.05) is 13.7 Å². The van der Waals surface area contributed by atoms with Gasteiger partial charge in [0.1, 0.15) is 5.75 Å². The molecule has 0 saturated carbocycles. The van der Waals surface area contributed by atoms with Crippen LogP contribution >= 0.6 is 0 Å². The molecule has 0 aliphatic heterocycles. The second-order valence-electron chi connectivity index (χ2n) is 7.01. The summed E-state index contributed by atoms with van der Waals surface area (Å²) in [5.41, 5.74) is 2.89. The van der Waals surface area contributed by atoms with Crippen molar-refractivity contribution in [1.29, 1.82) is 0 Å². The van der Waals surface area contributed by atoms with E-state index < -0.39 is 0 Å². The quantitative estimate of drug-likeness (QED) is 0.618. The van der Waals surface area contributed by atoms with Gasteiger partial charge in [-0.1, -0.05) is 39.3 Å². The molecule has 0 N–H and O–H groups in total. The molecule has 21 heavy (non-hydrogen) atoms. The molecule has 0 unspecified atom stereocenters. The molecule has 2 nitrogen and oxygen atoms in total. The van der Waals surface area contributed by atoms with Gasteiger partial charge in [-0.05, 0) is 55.7 Å². The molecule has 0 amide bonds. The van der Waals surface area contributed by atoms with Crippen LogP contribution in [-0.4, -0.2) is 19.8 Å². The van der Waals surface area contributed by atoms with Gasteiger partial charge in [-0.15, -0.1) is 0 Å². The zero-order valence-electron chi connectivity index (χ0n) is 14.7. The zero-order valence-corrected chi connectivity index (χ0v) is 14.7. The van der Waals surface area contributed by atoms with Gasteiger partial charge < -0.3 is 9.47 Å². The van der Waals surface area contributed by atoms with Gasteiger partial charge in [0, 0.05) is 6.61 Å². The van der Waals surface area contributed by atoms with E-state index in [1.54, 1.807) is 7.11 Å². The molecule has 0 fully saturated rings. The average molecular weight is 292 g/mol. The van der Waals surface area contributed by atoms with E-state index in [1.807, 2.05) is 0 Å². The molecule has 0 atom stereocenters. The molecule has 0 heterocycles. The van der Waals surface area contributed by atoms with Gasteiger partial charge in [0.05, 0.1) is 13.2 Å². The van der Waals surface area contributed by atoms with Gasteiger partial charge in [-0.25, -0.2) is 0 Å². The zero-order chi connectivity index (χ0) is 15.9. The van der Waals surface area contributed by atoms with Crippen LogP contribution in [0.3, 0.4) is 0 Å². The Kier molecular flexibility index (Phi) is 7.24. The molecule has 0 aliphatic carbocycles. The number of hydrogen-bond donors (Lipinski definition) is 0. The number of hydrogen-bond acceptors (Lipinski definition) is 2. The van der Waals surface area contributed by atoms with Gasteiger partial charge in [0.2, 0.25) is 0 Å². The van der Waals surface area contributed by atoms with E-state index in [1.165, 1.54) is 24.0 Å². The van der Waals surface area contributed by atoms with E-state index in [0.29, 0.717) is 6.10 Å². The SMILES string of the molecule is COc1ccc(C(C)(C)C)cc1CCCCCOC(C)C. The van der Waals surface area contributed by atoms with Crippen molar-refractivity contribution >= 4 is 0 Å². The van der Waals surface area contributed by atoms with Crippen LogP contribution in [0, 0.1) is 0 Å². The third-order valence-electron chi connectivity index (χ3n) is 3.69. The molecular weight excluding hydrogens is 260 g/mol. The Morgan fingerprint density at radius 2 is 1.76 bits per heavy atom. The van der Waals surface area contributed by atoms with Crippen LogP contribution in [0.2, 0.25) is 0 Å². The highest BCUT2D eigenvalue weighted by Crippen LogP contribution is 2.29. The Hall–Kier alpha value is -1.02. The summed E-state index contributed by atoms with van der Waals surface area (Å²) in [4.78, 5) is 0. The highest BCUT2D eigenvalue weighted by atomic mass is 16.5. The second-order valence-corrected chi connectivity index (χ2v) is 7.01. The van der Waals surface area contributed by atoms with Crippen LogP contribution in [0.4, 0.5) is 0 Å². The van der Waals surface area contributed by atoms with Crippen molar-refractivity contribution < 1.29 is 9.47 Å². The minimum atomic E-state index is 0.187. The number of rotatable bonds is 8. The lowest BCUT2D eigenvalue weighted by molar-refractivity contribution is 0.0758. The van der Waals surface area contributed by atoms with Gasteiger partial charge >= 0.3 is 0 Å². The maximum Gasteiger partial charge on any atom is 0.122 e. The number of unbranched alkanes of at least 4 members (excludes halogenated alkanes) is 2. The van der Waals surface area contributed by atoms with Crippen LogP contribution in [-0.2, 0) is 16.6 Å². The van der Waals surface area contributed by atoms with Crippen molar-refractivity contribution in [3.8, 4) is 5.75 Å². The minimum Gasteiger partial charge on any atom is -0.496 e. The smallest absolute Gasteiger partial charge is 0.122 e. The van der Waals surface area contributed by atoms with Crippen molar-refractivity contribution in [2.24, 2.45) is 0 Å². The van der Waals surface area contributed by atoms with Crippen LogP contribution in [0.1, 0.15) is 65.0 Å². The Bertz CT molecular complexity index is 416. The maximum atomic E-state index is 5.58. The van der Waals surface area contributed by atoms with Crippen molar-refractivity contribution in [1.82, 2.24) is 0 Å². The number of methoxy groups -OCH3 is 1. The van der Waals surface area contributed by atoms with E-state index in [9.17, 15) is 0 Å². The van der Waals surface area contributed by atoms with E-state index >= 15 is 0 Å². The Balaban J connectivity index is 2.53. The first-order chi connectivity index (χ1) is 9.84. The molecule has 120 valence electrons. The average Bonchev–Trinajstić information content (AvgIpc) is 2.41. The molecular formula is C19H32O2.